The smallest absolute Gasteiger partial charge is 0.232 e. The molecule has 0 aromatic heterocycles. The number of halogens is 3. The SMILES string of the molecule is O=C1CC(CS(=O)(=O)Cl)CN1c1ccc(I)c(F)c1. The second-order valence-corrected chi connectivity index (χ2v) is 8.36. The maximum atomic E-state index is 13.5. The largest absolute Gasteiger partial charge is 0.312 e. The molecule has 0 aliphatic carbocycles. The van der Waals surface area contributed by atoms with Crippen LogP contribution in [0.5, 0.6) is 0 Å². The third-order valence-corrected chi connectivity index (χ3v) is 4.98. The molecule has 1 heterocycles. The zero-order valence-electron chi connectivity index (χ0n) is 9.64. The molecule has 8 heteroatoms. The number of benzene rings is 1. The number of carbonyl (C=O) groups is 1. The van der Waals surface area contributed by atoms with Gasteiger partial charge in [-0.3, -0.25) is 4.79 Å². The minimum atomic E-state index is -3.63. The van der Waals surface area contributed by atoms with Gasteiger partial charge in [-0.15, -0.1) is 0 Å². The first-order chi connectivity index (χ1) is 8.76. The van der Waals surface area contributed by atoms with Crippen LogP contribution in [0.4, 0.5) is 10.1 Å². The second kappa shape index (κ2) is 5.53. The van der Waals surface area contributed by atoms with Crippen molar-refractivity contribution in [2.75, 3.05) is 17.2 Å². The number of hydrogen-bond acceptors (Lipinski definition) is 3. The number of amides is 1. The Morgan fingerprint density at radius 2 is 2.16 bits per heavy atom. The maximum absolute atomic E-state index is 13.5. The molecule has 4 nitrogen and oxygen atoms in total. The zero-order valence-corrected chi connectivity index (χ0v) is 13.4. The summed E-state index contributed by atoms with van der Waals surface area (Å²) in [6.07, 6.45) is 0.111. The maximum Gasteiger partial charge on any atom is 0.232 e. The van der Waals surface area contributed by atoms with E-state index in [0.29, 0.717) is 9.26 Å². The Hall–Kier alpha value is -0.410. The van der Waals surface area contributed by atoms with Crippen LogP contribution in [0.1, 0.15) is 6.42 Å². The topological polar surface area (TPSA) is 54.5 Å². The highest BCUT2D eigenvalue weighted by Gasteiger charge is 2.33. The lowest BCUT2D eigenvalue weighted by Gasteiger charge is -2.16. The van der Waals surface area contributed by atoms with E-state index in [1.807, 2.05) is 22.6 Å². The average Bonchev–Trinajstić information content (AvgIpc) is 2.61. The Bertz CT molecular complexity index is 622. The van der Waals surface area contributed by atoms with E-state index in [9.17, 15) is 17.6 Å². The lowest BCUT2D eigenvalue weighted by atomic mass is 10.1. The molecule has 2 rings (SSSR count). The molecular weight excluding hydrogens is 408 g/mol. The summed E-state index contributed by atoms with van der Waals surface area (Å²) in [7, 11) is 1.55. The van der Waals surface area contributed by atoms with Gasteiger partial charge in [0.25, 0.3) is 0 Å². The van der Waals surface area contributed by atoms with Gasteiger partial charge >= 0.3 is 0 Å². The number of hydrogen-bond donors (Lipinski definition) is 0. The Balaban J connectivity index is 2.18. The summed E-state index contributed by atoms with van der Waals surface area (Å²) in [6.45, 7) is 0.241. The van der Waals surface area contributed by atoms with Crippen LogP contribution in [0.3, 0.4) is 0 Å². The standard InChI is InChI=1S/C11H10ClFINO3S/c12-19(17,18)6-7-3-11(16)15(5-7)8-1-2-10(14)9(13)4-8/h1-2,4,7H,3,5-6H2. The normalized spacial score (nSPS) is 20.1. The van der Waals surface area contributed by atoms with Gasteiger partial charge in [-0.2, -0.15) is 0 Å². The van der Waals surface area contributed by atoms with Crippen molar-refractivity contribution in [1.82, 2.24) is 0 Å². The fourth-order valence-electron chi connectivity index (χ4n) is 2.08. The highest BCUT2D eigenvalue weighted by Crippen LogP contribution is 2.28. The minimum Gasteiger partial charge on any atom is -0.312 e. The van der Waals surface area contributed by atoms with Gasteiger partial charge in [-0.1, -0.05) is 0 Å². The van der Waals surface area contributed by atoms with Crippen LogP contribution < -0.4 is 4.90 Å². The van der Waals surface area contributed by atoms with Crippen LogP contribution >= 0.6 is 33.3 Å². The summed E-state index contributed by atoms with van der Waals surface area (Å²) < 4.78 is 36.0. The first kappa shape index (κ1) is 15.0. The van der Waals surface area contributed by atoms with Crippen LogP contribution in [0.15, 0.2) is 18.2 Å². The first-order valence-corrected chi connectivity index (χ1v) is 9.00. The number of carbonyl (C=O) groups excluding carboxylic acids is 1. The molecule has 1 atom stereocenters. The lowest BCUT2D eigenvalue weighted by molar-refractivity contribution is -0.117. The van der Waals surface area contributed by atoms with Crippen molar-refractivity contribution in [1.29, 1.82) is 0 Å². The van der Waals surface area contributed by atoms with Gasteiger partial charge in [0.15, 0.2) is 0 Å². The number of rotatable bonds is 3. The van der Waals surface area contributed by atoms with E-state index < -0.39 is 14.9 Å². The summed E-state index contributed by atoms with van der Waals surface area (Å²) in [5, 5.41) is 0. The predicted molar refractivity (Wildman–Crippen MR) is 79.2 cm³/mol. The molecule has 0 saturated carbocycles. The van der Waals surface area contributed by atoms with Crippen molar-refractivity contribution in [3.05, 3.63) is 27.6 Å². The van der Waals surface area contributed by atoms with Crippen LogP contribution in [0.2, 0.25) is 0 Å². The van der Waals surface area contributed by atoms with Gasteiger partial charge in [0.1, 0.15) is 5.82 Å². The van der Waals surface area contributed by atoms with Crippen molar-refractivity contribution >= 4 is 53.9 Å². The van der Waals surface area contributed by atoms with E-state index in [4.69, 9.17) is 10.7 Å². The molecule has 104 valence electrons. The molecule has 1 saturated heterocycles. The van der Waals surface area contributed by atoms with Crippen LogP contribution in [-0.2, 0) is 13.8 Å². The molecule has 19 heavy (non-hydrogen) atoms. The summed E-state index contributed by atoms with van der Waals surface area (Å²) in [4.78, 5) is 13.2. The average molecular weight is 418 g/mol. The fourth-order valence-corrected chi connectivity index (χ4v) is 3.73. The van der Waals surface area contributed by atoms with Crippen LogP contribution in [0.25, 0.3) is 0 Å². The quantitative estimate of drug-likeness (QED) is 0.560. The third kappa shape index (κ3) is 3.79. The van der Waals surface area contributed by atoms with Gasteiger partial charge in [-0.25, -0.2) is 12.8 Å². The Morgan fingerprint density at radius 1 is 1.47 bits per heavy atom. The molecule has 0 radical (unpaired) electrons. The second-order valence-electron chi connectivity index (χ2n) is 4.38. The molecule has 1 aromatic rings. The Labute approximate surface area is 128 Å². The molecule has 0 N–H and O–H groups in total. The predicted octanol–water partition coefficient (Wildman–Crippen LogP) is 2.35. The number of nitrogens with zero attached hydrogens (tertiary/aromatic N) is 1. The Morgan fingerprint density at radius 3 is 2.74 bits per heavy atom. The highest BCUT2D eigenvalue weighted by atomic mass is 127. The summed E-state index contributed by atoms with van der Waals surface area (Å²) in [6, 6.07) is 4.49. The van der Waals surface area contributed by atoms with E-state index >= 15 is 0 Å². The van der Waals surface area contributed by atoms with Crippen molar-refractivity contribution in [3.8, 4) is 0 Å². The zero-order chi connectivity index (χ0) is 14.2. The van der Waals surface area contributed by atoms with Gasteiger partial charge in [0, 0.05) is 38.8 Å². The summed E-state index contributed by atoms with van der Waals surface area (Å²) >= 11 is 1.86. The van der Waals surface area contributed by atoms with Crippen molar-refractivity contribution < 1.29 is 17.6 Å². The fraction of sp³-hybridized carbons (Fsp3) is 0.364. The molecule has 1 unspecified atom stereocenters. The molecule has 1 aromatic carbocycles. The minimum absolute atomic E-state index is 0.111. The monoisotopic (exact) mass is 417 g/mol. The van der Waals surface area contributed by atoms with Gasteiger partial charge in [-0.05, 0) is 40.8 Å². The molecular formula is C11H10ClFINO3S. The van der Waals surface area contributed by atoms with Crippen molar-refractivity contribution in [3.63, 3.8) is 0 Å². The van der Waals surface area contributed by atoms with E-state index in [-0.39, 0.29) is 30.5 Å². The van der Waals surface area contributed by atoms with E-state index in [0.717, 1.165) is 0 Å². The van der Waals surface area contributed by atoms with Gasteiger partial charge in [0.05, 0.1) is 5.75 Å². The first-order valence-electron chi connectivity index (χ1n) is 5.44. The molecule has 1 fully saturated rings. The van der Waals surface area contributed by atoms with E-state index in [1.54, 1.807) is 12.1 Å². The Kier molecular flexibility index (Phi) is 4.36. The molecule has 1 amide bonds. The molecule has 0 bridgehead atoms. The van der Waals surface area contributed by atoms with Crippen LogP contribution in [-0.4, -0.2) is 26.6 Å². The summed E-state index contributed by atoms with van der Waals surface area (Å²) in [5.41, 5.74) is 0.442. The van der Waals surface area contributed by atoms with Crippen molar-refractivity contribution in [2.45, 2.75) is 6.42 Å². The molecule has 1 aliphatic heterocycles. The molecule has 0 spiro atoms. The highest BCUT2D eigenvalue weighted by molar-refractivity contribution is 14.1. The lowest BCUT2D eigenvalue weighted by Crippen LogP contribution is -2.25. The van der Waals surface area contributed by atoms with Crippen LogP contribution in [0, 0.1) is 15.3 Å². The van der Waals surface area contributed by atoms with Gasteiger partial charge in [0.2, 0.25) is 15.0 Å². The number of anilines is 1. The molecule has 1 aliphatic rings. The van der Waals surface area contributed by atoms with Gasteiger partial charge < -0.3 is 4.90 Å². The van der Waals surface area contributed by atoms with E-state index in [1.165, 1.54) is 11.0 Å². The third-order valence-electron chi connectivity index (χ3n) is 2.85. The summed E-state index contributed by atoms with van der Waals surface area (Å²) in [5.74, 6) is -1.22. The van der Waals surface area contributed by atoms with E-state index in [2.05, 4.69) is 0 Å². The van der Waals surface area contributed by atoms with Crippen molar-refractivity contribution in [2.24, 2.45) is 5.92 Å².